The van der Waals surface area contributed by atoms with Crippen molar-refractivity contribution in [2.75, 3.05) is 5.01 Å². The zero-order valence-corrected chi connectivity index (χ0v) is 19.8. The van der Waals surface area contributed by atoms with Gasteiger partial charge in [-0.15, -0.1) is 5.11 Å². The van der Waals surface area contributed by atoms with Crippen LogP contribution in [-0.2, 0) is 19.3 Å². The Morgan fingerprint density at radius 2 is 1.53 bits per heavy atom. The molecule has 2 aliphatic rings. The number of nitrogens with one attached hydrogen (secondary N) is 1. The molecule has 34 heavy (non-hydrogen) atoms. The van der Waals surface area contributed by atoms with E-state index in [-0.39, 0.29) is 17.1 Å². The molecule has 0 radical (unpaired) electrons. The maximum atomic E-state index is 12.4. The van der Waals surface area contributed by atoms with Crippen molar-refractivity contribution in [3.8, 4) is 0 Å². The lowest BCUT2D eigenvalue weighted by Gasteiger charge is -2.17. The van der Waals surface area contributed by atoms with Crippen molar-refractivity contribution in [3.05, 3.63) is 81.4 Å². The van der Waals surface area contributed by atoms with E-state index in [0.29, 0.717) is 17.1 Å². The van der Waals surface area contributed by atoms with Crippen LogP contribution < -0.4 is 10.6 Å². The Morgan fingerprint density at radius 1 is 0.882 bits per heavy atom. The summed E-state index contributed by atoms with van der Waals surface area (Å²) in [5.41, 5.74) is 9.24. The van der Waals surface area contributed by atoms with Gasteiger partial charge in [-0.25, -0.2) is 14.6 Å². The van der Waals surface area contributed by atoms with Gasteiger partial charge in [-0.3, -0.25) is 4.84 Å². The third-order valence-electron chi connectivity index (χ3n) is 5.78. The van der Waals surface area contributed by atoms with Gasteiger partial charge in [0.1, 0.15) is 5.70 Å². The highest BCUT2D eigenvalue weighted by Gasteiger charge is 2.39. The maximum absolute atomic E-state index is 12.4. The van der Waals surface area contributed by atoms with Crippen LogP contribution in [0.4, 0.5) is 11.4 Å². The number of anilines is 1. The number of allylic oxidation sites excluding steroid dienone is 2. The predicted molar refractivity (Wildman–Crippen MR) is 122 cm³/mol. The number of rotatable bonds is 4. The Kier molecular flexibility index (Phi) is 6.08. The summed E-state index contributed by atoms with van der Waals surface area (Å²) in [6.45, 7) is 11.2. The standard InChI is InChI=1S/C24H25N6O4/c1-13-7-9-19(11-15(13)3)29-21(23(31)33-27-29)17(5)25-26-18(6)22-24(32)34-28-30(22)20-10-8-14(2)16(4)12-20/h7-12,27H,1-6H3/q+1/b21-17-,22-18+,26-25-. The molecule has 0 spiro atoms. The van der Waals surface area contributed by atoms with Crippen LogP contribution in [0, 0.1) is 27.7 Å². The average Bonchev–Trinajstić information content (AvgIpc) is 3.38. The summed E-state index contributed by atoms with van der Waals surface area (Å²) in [6.07, 6.45) is 0. The van der Waals surface area contributed by atoms with Crippen molar-refractivity contribution in [2.45, 2.75) is 41.5 Å². The normalized spacial score (nSPS) is 18.9. The Labute approximate surface area is 196 Å². The van der Waals surface area contributed by atoms with E-state index in [9.17, 15) is 9.59 Å². The van der Waals surface area contributed by atoms with E-state index >= 15 is 0 Å². The summed E-state index contributed by atoms with van der Waals surface area (Å²) in [6, 6.07) is 11.4. The number of benzene rings is 2. The Morgan fingerprint density at radius 3 is 2.21 bits per heavy atom. The fraction of sp³-hybridized carbons (Fsp3) is 0.250. The molecular weight excluding hydrogens is 436 g/mol. The molecule has 2 aromatic rings. The second-order valence-corrected chi connectivity index (χ2v) is 8.19. The molecule has 0 unspecified atom stereocenters. The number of nitrogens with zero attached hydrogens (tertiary/aromatic N) is 5. The van der Waals surface area contributed by atoms with E-state index in [2.05, 4.69) is 21.1 Å². The van der Waals surface area contributed by atoms with Gasteiger partial charge < -0.3 is 4.84 Å². The van der Waals surface area contributed by atoms with Gasteiger partial charge >= 0.3 is 17.6 Å². The lowest BCUT2D eigenvalue weighted by atomic mass is 10.1. The van der Waals surface area contributed by atoms with Crippen molar-refractivity contribution >= 4 is 23.3 Å². The number of aryl methyl sites for hydroxylation is 4. The van der Waals surface area contributed by atoms with Crippen molar-refractivity contribution in [1.29, 1.82) is 0 Å². The van der Waals surface area contributed by atoms with Crippen LogP contribution in [0.1, 0.15) is 36.1 Å². The number of hydrogen-bond acceptors (Lipinski definition) is 9. The molecule has 10 heteroatoms. The summed E-state index contributed by atoms with van der Waals surface area (Å²) >= 11 is 0. The molecule has 0 bridgehead atoms. The van der Waals surface area contributed by atoms with Crippen molar-refractivity contribution in [1.82, 2.24) is 5.59 Å². The number of azo groups is 1. The lowest BCUT2D eigenvalue weighted by molar-refractivity contribution is -0.464. The average molecular weight is 462 g/mol. The number of carbonyl (C=O) groups excluding carboxylic acids is 2. The fourth-order valence-corrected chi connectivity index (χ4v) is 3.46. The zero-order valence-electron chi connectivity index (χ0n) is 19.8. The fourth-order valence-electron chi connectivity index (χ4n) is 3.46. The van der Waals surface area contributed by atoms with Gasteiger partial charge in [0.15, 0.2) is 5.70 Å². The van der Waals surface area contributed by atoms with Crippen molar-refractivity contribution in [2.24, 2.45) is 15.5 Å². The van der Waals surface area contributed by atoms with Crippen LogP contribution in [-0.4, -0.2) is 16.6 Å². The molecule has 1 N–H and O–H groups in total. The summed E-state index contributed by atoms with van der Waals surface area (Å²) < 4.78 is 1.39. The van der Waals surface area contributed by atoms with Gasteiger partial charge in [-0.1, -0.05) is 17.7 Å². The molecule has 0 amide bonds. The molecule has 2 heterocycles. The van der Waals surface area contributed by atoms with Gasteiger partial charge in [-0.2, -0.15) is 5.11 Å². The minimum atomic E-state index is -0.640. The quantitative estimate of drug-likeness (QED) is 0.395. The molecule has 2 aromatic carbocycles. The molecular formula is C24H25N6O4+. The summed E-state index contributed by atoms with van der Waals surface area (Å²) in [5, 5.41) is 13.8. The molecule has 1 fully saturated rings. The Bertz CT molecular complexity index is 1340. The maximum Gasteiger partial charge on any atom is 0.439 e. The second kappa shape index (κ2) is 8.99. The van der Waals surface area contributed by atoms with Gasteiger partial charge in [0, 0.05) is 12.1 Å². The highest BCUT2D eigenvalue weighted by molar-refractivity contribution is 5.95. The second-order valence-electron chi connectivity index (χ2n) is 8.19. The van der Waals surface area contributed by atoms with Crippen LogP contribution in [0.2, 0.25) is 0 Å². The first-order valence-corrected chi connectivity index (χ1v) is 10.6. The van der Waals surface area contributed by atoms with Crippen molar-refractivity contribution in [3.63, 3.8) is 0 Å². The van der Waals surface area contributed by atoms with Crippen LogP contribution >= 0.6 is 0 Å². The molecule has 4 rings (SSSR count). The number of carbonyl (C=O) groups is 2. The van der Waals surface area contributed by atoms with E-state index in [0.717, 1.165) is 22.3 Å². The molecule has 174 valence electrons. The van der Waals surface area contributed by atoms with Crippen LogP contribution in [0.5, 0.6) is 0 Å². The third kappa shape index (κ3) is 4.23. The van der Waals surface area contributed by atoms with Crippen LogP contribution in [0.3, 0.4) is 0 Å². The molecule has 0 aromatic heterocycles. The summed E-state index contributed by atoms with van der Waals surface area (Å²) in [5.74, 6) is -1.23. The van der Waals surface area contributed by atoms with Gasteiger partial charge in [0.2, 0.25) is 11.0 Å². The Balaban J connectivity index is 1.68. The highest BCUT2D eigenvalue weighted by atomic mass is 16.7. The van der Waals surface area contributed by atoms with Gasteiger partial charge in [0.05, 0.1) is 11.4 Å². The smallest absolute Gasteiger partial charge is 0.345 e. The summed E-state index contributed by atoms with van der Waals surface area (Å²) in [7, 11) is 0. The van der Waals surface area contributed by atoms with Gasteiger partial charge in [-0.05, 0) is 80.6 Å². The molecule has 10 nitrogen and oxygen atoms in total. The van der Waals surface area contributed by atoms with Crippen LogP contribution in [0.25, 0.3) is 0 Å². The molecule has 2 aliphatic heterocycles. The SMILES string of the molecule is CC(/N=N\C(C)=C1/C(=O)ON=[N+]1c1ccc(C)c(C)c1)=C1\C(=O)ONN1c1ccc(C)c(C)c1. The third-order valence-corrected chi connectivity index (χ3v) is 5.78. The van der Waals surface area contributed by atoms with Gasteiger partial charge in [0.25, 0.3) is 0 Å². The highest BCUT2D eigenvalue weighted by Crippen LogP contribution is 2.29. The number of hydrogen-bond donors (Lipinski definition) is 1. The molecule has 1 saturated heterocycles. The first kappa shape index (κ1) is 23.0. The minimum Gasteiger partial charge on any atom is -0.345 e. The molecule has 0 aliphatic carbocycles. The van der Waals surface area contributed by atoms with Crippen molar-refractivity contribution < 1.29 is 24.0 Å². The molecule has 0 saturated carbocycles. The van der Waals surface area contributed by atoms with E-state index in [1.807, 2.05) is 64.1 Å². The first-order valence-electron chi connectivity index (χ1n) is 10.6. The van der Waals surface area contributed by atoms with Crippen LogP contribution in [0.15, 0.2) is 74.7 Å². The largest absolute Gasteiger partial charge is 0.439 e. The van der Waals surface area contributed by atoms with E-state index in [4.69, 9.17) is 9.68 Å². The van der Waals surface area contributed by atoms with E-state index in [1.165, 1.54) is 9.71 Å². The topological polar surface area (TPSA) is 108 Å². The minimum absolute atomic E-state index is 0.142. The number of hydrazine groups is 1. The monoisotopic (exact) mass is 461 g/mol. The zero-order chi connectivity index (χ0) is 24.6. The molecule has 0 atom stereocenters. The lowest BCUT2D eigenvalue weighted by Crippen LogP contribution is -2.29. The van der Waals surface area contributed by atoms with E-state index < -0.39 is 11.9 Å². The van der Waals surface area contributed by atoms with E-state index in [1.54, 1.807) is 13.8 Å². The summed E-state index contributed by atoms with van der Waals surface area (Å²) in [4.78, 5) is 34.7. The Hall–Kier alpha value is -4.18. The first-order chi connectivity index (χ1) is 16.2. The predicted octanol–water partition coefficient (Wildman–Crippen LogP) is 4.89.